The highest BCUT2D eigenvalue weighted by Gasteiger charge is 2.26. The molecule has 27 heavy (non-hydrogen) atoms. The molecule has 0 unspecified atom stereocenters. The normalized spacial score (nSPS) is 15.9. The Morgan fingerprint density at radius 3 is 2.67 bits per heavy atom. The number of carbonyl (C=O) groups excluding carboxylic acids is 1. The Bertz CT molecular complexity index is 832. The molecule has 0 N–H and O–H groups in total. The third kappa shape index (κ3) is 4.75. The van der Waals surface area contributed by atoms with E-state index in [-0.39, 0.29) is 16.7 Å². The first-order valence-corrected chi connectivity index (χ1v) is 9.31. The van der Waals surface area contributed by atoms with E-state index >= 15 is 0 Å². The maximum absolute atomic E-state index is 12.1. The minimum atomic E-state index is -0.475. The predicted molar refractivity (Wildman–Crippen MR) is 102 cm³/mol. The topological polar surface area (TPSA) is 90.5 Å². The quantitative estimate of drug-likeness (QED) is 0.596. The highest BCUT2D eigenvalue weighted by molar-refractivity contribution is 5.80. The molecule has 0 radical (unpaired) electrons. The molecule has 1 aromatic heterocycles. The number of hydrogen-bond acceptors (Lipinski definition) is 5. The zero-order valence-corrected chi connectivity index (χ0v) is 16.1. The molecule has 8 nitrogen and oxygen atoms in total. The lowest BCUT2D eigenvalue weighted by atomic mass is 9.94. The zero-order valence-electron chi connectivity index (χ0n) is 16.1. The van der Waals surface area contributed by atoms with Gasteiger partial charge in [-0.1, -0.05) is 0 Å². The number of fused-ring (bicyclic) bond motifs is 1. The predicted octanol–water partition coefficient (Wildman–Crippen LogP) is 3.98. The number of piperidine rings is 1. The zero-order chi connectivity index (χ0) is 19.6. The summed E-state index contributed by atoms with van der Waals surface area (Å²) < 4.78 is 7.26. The molecule has 0 bridgehead atoms. The first kappa shape index (κ1) is 19.1. The van der Waals surface area contributed by atoms with E-state index in [1.165, 1.54) is 6.07 Å². The second kappa shape index (κ2) is 7.54. The second-order valence-electron chi connectivity index (χ2n) is 8.07. The van der Waals surface area contributed by atoms with Gasteiger partial charge in [0.2, 0.25) is 0 Å². The maximum Gasteiger partial charge on any atom is 0.410 e. The van der Waals surface area contributed by atoms with Crippen LogP contribution in [0.4, 0.5) is 10.5 Å². The third-order valence-electron chi connectivity index (χ3n) is 4.85. The number of benzene rings is 1. The van der Waals surface area contributed by atoms with Gasteiger partial charge in [-0.3, -0.25) is 14.8 Å². The molecular weight excluding hydrogens is 348 g/mol. The summed E-state index contributed by atoms with van der Waals surface area (Å²) >= 11 is 0. The van der Waals surface area contributed by atoms with Crippen molar-refractivity contribution in [1.29, 1.82) is 0 Å². The largest absolute Gasteiger partial charge is 0.444 e. The van der Waals surface area contributed by atoms with Crippen molar-refractivity contribution < 1.29 is 14.5 Å². The summed E-state index contributed by atoms with van der Waals surface area (Å²) in [5, 5.41) is 16.3. The van der Waals surface area contributed by atoms with Gasteiger partial charge in [-0.15, -0.1) is 0 Å². The van der Waals surface area contributed by atoms with Crippen LogP contribution in [0.2, 0.25) is 0 Å². The van der Waals surface area contributed by atoms with Gasteiger partial charge in [0, 0.05) is 37.2 Å². The van der Waals surface area contributed by atoms with E-state index in [1.807, 2.05) is 25.5 Å². The summed E-state index contributed by atoms with van der Waals surface area (Å²) in [4.78, 5) is 24.5. The second-order valence-corrected chi connectivity index (χ2v) is 8.07. The van der Waals surface area contributed by atoms with Crippen LogP contribution >= 0.6 is 0 Å². The van der Waals surface area contributed by atoms with Gasteiger partial charge in [-0.2, -0.15) is 5.10 Å². The van der Waals surface area contributed by atoms with E-state index < -0.39 is 5.60 Å². The molecule has 0 saturated carbocycles. The summed E-state index contributed by atoms with van der Waals surface area (Å²) in [6.07, 6.45) is 4.29. The average molecular weight is 374 g/mol. The number of nitro groups is 1. The van der Waals surface area contributed by atoms with Gasteiger partial charge >= 0.3 is 6.09 Å². The lowest BCUT2D eigenvalue weighted by molar-refractivity contribution is -0.384. The molecule has 146 valence electrons. The van der Waals surface area contributed by atoms with Crippen molar-refractivity contribution >= 4 is 22.7 Å². The summed E-state index contributed by atoms with van der Waals surface area (Å²) in [5.74, 6) is 0.502. The maximum atomic E-state index is 12.1. The summed E-state index contributed by atoms with van der Waals surface area (Å²) in [6.45, 7) is 7.72. The van der Waals surface area contributed by atoms with Crippen molar-refractivity contribution in [2.75, 3.05) is 13.1 Å². The van der Waals surface area contributed by atoms with Crippen LogP contribution in [0.25, 0.3) is 10.9 Å². The van der Waals surface area contributed by atoms with Crippen LogP contribution in [0.5, 0.6) is 0 Å². The molecule has 3 rings (SSSR count). The molecular formula is C19H26N4O4. The lowest BCUT2D eigenvalue weighted by Gasteiger charge is -2.33. The number of nitro benzene ring substituents is 1. The molecule has 0 atom stereocenters. The summed E-state index contributed by atoms with van der Waals surface area (Å²) in [5.41, 5.74) is 0.392. The number of non-ortho nitro benzene ring substituents is 1. The molecule has 1 aromatic carbocycles. The SMILES string of the molecule is CC(C)(C)OC(=O)N1CCC(CCn2ncc3ccc([N+](=O)[O-])cc32)CC1. The van der Waals surface area contributed by atoms with E-state index in [9.17, 15) is 14.9 Å². The Hall–Kier alpha value is -2.64. The van der Waals surface area contributed by atoms with Crippen LogP contribution < -0.4 is 0 Å². The number of aryl methyl sites for hydroxylation is 1. The third-order valence-corrected chi connectivity index (χ3v) is 4.85. The number of ether oxygens (including phenoxy) is 1. The Balaban J connectivity index is 1.55. The smallest absolute Gasteiger partial charge is 0.410 e. The fraction of sp³-hybridized carbons (Fsp3) is 0.579. The van der Waals surface area contributed by atoms with E-state index in [1.54, 1.807) is 23.2 Å². The number of aromatic nitrogens is 2. The Labute approximate surface area is 158 Å². The van der Waals surface area contributed by atoms with Crippen molar-refractivity contribution in [3.63, 3.8) is 0 Å². The van der Waals surface area contributed by atoms with Crippen molar-refractivity contribution in [1.82, 2.24) is 14.7 Å². The van der Waals surface area contributed by atoms with E-state index in [4.69, 9.17) is 4.74 Å². The molecule has 8 heteroatoms. The van der Waals surface area contributed by atoms with E-state index in [0.29, 0.717) is 25.6 Å². The Morgan fingerprint density at radius 2 is 2.04 bits per heavy atom. The van der Waals surface area contributed by atoms with Crippen molar-refractivity contribution in [3.05, 3.63) is 34.5 Å². The number of hydrogen-bond donors (Lipinski definition) is 0. The monoisotopic (exact) mass is 374 g/mol. The molecule has 1 aliphatic heterocycles. The standard InChI is InChI=1S/C19H26N4O4/c1-19(2,3)27-18(24)21-9-6-14(7-10-21)8-11-22-17-12-16(23(25)26)5-4-15(17)13-20-22/h4-5,12-14H,6-11H2,1-3H3. The fourth-order valence-corrected chi connectivity index (χ4v) is 3.39. The van der Waals surface area contributed by atoms with Crippen molar-refractivity contribution in [3.8, 4) is 0 Å². The van der Waals surface area contributed by atoms with E-state index in [2.05, 4.69) is 5.10 Å². The molecule has 0 spiro atoms. The highest BCUT2D eigenvalue weighted by atomic mass is 16.6. The van der Waals surface area contributed by atoms with Gasteiger partial charge in [0.05, 0.1) is 16.6 Å². The molecule has 1 aliphatic rings. The minimum Gasteiger partial charge on any atom is -0.444 e. The number of carbonyl (C=O) groups is 1. The number of amides is 1. The molecule has 1 saturated heterocycles. The van der Waals surface area contributed by atoms with Gasteiger partial charge in [0.15, 0.2) is 0 Å². The molecule has 1 amide bonds. The summed E-state index contributed by atoms with van der Waals surface area (Å²) in [7, 11) is 0. The number of rotatable bonds is 4. The first-order valence-electron chi connectivity index (χ1n) is 9.31. The molecule has 0 aliphatic carbocycles. The number of likely N-dealkylation sites (tertiary alicyclic amines) is 1. The molecule has 1 fully saturated rings. The number of nitrogens with zero attached hydrogens (tertiary/aromatic N) is 4. The van der Waals surface area contributed by atoms with Crippen LogP contribution in [0.1, 0.15) is 40.0 Å². The van der Waals surface area contributed by atoms with Gasteiger partial charge in [0.1, 0.15) is 5.60 Å². The van der Waals surface area contributed by atoms with E-state index in [0.717, 1.165) is 30.2 Å². The van der Waals surface area contributed by atoms with Crippen LogP contribution in [-0.2, 0) is 11.3 Å². The highest BCUT2D eigenvalue weighted by Crippen LogP contribution is 2.25. The Kier molecular flexibility index (Phi) is 5.34. The first-order chi connectivity index (χ1) is 12.7. The van der Waals surface area contributed by atoms with Gasteiger partial charge in [-0.25, -0.2) is 4.79 Å². The average Bonchev–Trinajstić information content (AvgIpc) is 3.01. The van der Waals surface area contributed by atoms with Crippen LogP contribution in [0.3, 0.4) is 0 Å². The van der Waals surface area contributed by atoms with Crippen molar-refractivity contribution in [2.45, 2.75) is 52.2 Å². The fourth-order valence-electron chi connectivity index (χ4n) is 3.39. The lowest BCUT2D eigenvalue weighted by Crippen LogP contribution is -2.41. The van der Waals surface area contributed by atoms with Crippen molar-refractivity contribution in [2.24, 2.45) is 5.92 Å². The molecule has 2 aromatic rings. The van der Waals surface area contributed by atoms with Gasteiger partial charge in [0.25, 0.3) is 5.69 Å². The summed E-state index contributed by atoms with van der Waals surface area (Å²) in [6, 6.07) is 4.81. The van der Waals surface area contributed by atoms with Crippen LogP contribution in [0, 0.1) is 16.0 Å². The van der Waals surface area contributed by atoms with Crippen LogP contribution in [0.15, 0.2) is 24.4 Å². The van der Waals surface area contributed by atoms with Crippen LogP contribution in [-0.4, -0.2) is 44.4 Å². The van der Waals surface area contributed by atoms with Gasteiger partial charge < -0.3 is 9.64 Å². The Morgan fingerprint density at radius 1 is 1.33 bits per heavy atom. The molecule has 2 heterocycles. The minimum absolute atomic E-state index is 0.0786. The van der Waals surface area contributed by atoms with Gasteiger partial charge in [-0.05, 0) is 52.0 Å².